The van der Waals surface area contributed by atoms with E-state index in [0.717, 1.165) is 5.56 Å². The van der Waals surface area contributed by atoms with Crippen LogP contribution in [0.2, 0.25) is 10.0 Å². The van der Waals surface area contributed by atoms with Gasteiger partial charge in [-0.05, 0) is 31.2 Å². The topological polar surface area (TPSA) is 63.0 Å². The number of carbonyl (C=O) groups excluding carboxylic acids is 1. The molecule has 23 heavy (non-hydrogen) atoms. The average molecular weight is 367 g/mol. The quantitative estimate of drug-likeness (QED) is 0.572. The maximum absolute atomic E-state index is 11.5. The Morgan fingerprint density at radius 2 is 2.09 bits per heavy atom. The number of benzene rings is 1. The van der Waals surface area contributed by atoms with Gasteiger partial charge in [-0.1, -0.05) is 41.0 Å². The van der Waals surface area contributed by atoms with Crippen molar-refractivity contribution in [2.24, 2.45) is 0 Å². The molecule has 0 saturated carbocycles. The summed E-state index contributed by atoms with van der Waals surface area (Å²) in [4.78, 5) is 15.9. The highest BCUT2D eigenvalue weighted by atomic mass is 35.5. The molecule has 1 aromatic heterocycles. The van der Waals surface area contributed by atoms with E-state index in [1.165, 1.54) is 11.8 Å². The number of hydrogen-bond donors (Lipinski definition) is 0. The SMILES string of the molecule is CCOC(=O)CSc1nc(-c2ccc(Cl)c(Cl)c2)ccc1C#N. The molecule has 0 aliphatic rings. The minimum atomic E-state index is -0.344. The number of nitrogens with zero attached hydrogens (tertiary/aromatic N) is 2. The summed E-state index contributed by atoms with van der Waals surface area (Å²) in [5, 5.41) is 10.5. The molecule has 4 nitrogen and oxygen atoms in total. The lowest BCUT2D eigenvalue weighted by Gasteiger charge is -2.07. The number of pyridine rings is 1. The Hall–Kier alpha value is -1.74. The van der Waals surface area contributed by atoms with E-state index in [1.54, 1.807) is 37.3 Å². The fraction of sp³-hybridized carbons (Fsp3) is 0.188. The molecule has 0 aliphatic heterocycles. The van der Waals surface area contributed by atoms with Crippen molar-refractivity contribution in [2.75, 3.05) is 12.4 Å². The number of hydrogen-bond acceptors (Lipinski definition) is 5. The van der Waals surface area contributed by atoms with E-state index >= 15 is 0 Å². The molecule has 1 aromatic carbocycles. The van der Waals surface area contributed by atoms with Gasteiger partial charge < -0.3 is 4.74 Å². The van der Waals surface area contributed by atoms with Crippen molar-refractivity contribution in [1.82, 2.24) is 4.98 Å². The first-order chi connectivity index (χ1) is 11.0. The Labute approximate surface area is 148 Å². The van der Waals surface area contributed by atoms with Crippen LogP contribution in [0.4, 0.5) is 0 Å². The van der Waals surface area contributed by atoms with Crippen molar-refractivity contribution >= 4 is 40.9 Å². The molecule has 0 atom stereocenters. The molecule has 118 valence electrons. The number of nitriles is 1. The largest absolute Gasteiger partial charge is 0.465 e. The van der Waals surface area contributed by atoms with Gasteiger partial charge in [-0.25, -0.2) is 4.98 Å². The summed E-state index contributed by atoms with van der Waals surface area (Å²) in [6, 6.07) is 10.6. The first-order valence-corrected chi connectivity index (χ1v) is 8.44. The third-order valence-corrected chi connectivity index (χ3v) is 4.53. The molecule has 2 aromatic rings. The predicted molar refractivity (Wildman–Crippen MR) is 91.8 cm³/mol. The molecule has 0 N–H and O–H groups in total. The first-order valence-electron chi connectivity index (χ1n) is 6.70. The van der Waals surface area contributed by atoms with Gasteiger partial charge in [-0.15, -0.1) is 0 Å². The summed E-state index contributed by atoms with van der Waals surface area (Å²) in [5.41, 5.74) is 1.83. The number of halogens is 2. The summed E-state index contributed by atoms with van der Waals surface area (Å²) in [6.45, 7) is 2.06. The fourth-order valence-electron chi connectivity index (χ4n) is 1.78. The lowest BCUT2D eigenvalue weighted by atomic mass is 10.1. The van der Waals surface area contributed by atoms with E-state index in [-0.39, 0.29) is 11.7 Å². The second kappa shape index (κ2) is 8.21. The van der Waals surface area contributed by atoms with E-state index in [9.17, 15) is 10.1 Å². The molecule has 0 aliphatic carbocycles. The predicted octanol–water partition coefficient (Wildman–Crippen LogP) is 4.58. The second-order valence-electron chi connectivity index (χ2n) is 4.38. The van der Waals surface area contributed by atoms with E-state index < -0.39 is 0 Å². The van der Waals surface area contributed by atoms with Gasteiger partial charge in [0.05, 0.1) is 33.7 Å². The van der Waals surface area contributed by atoms with E-state index in [2.05, 4.69) is 11.1 Å². The molecular formula is C16H12Cl2N2O2S. The van der Waals surface area contributed by atoms with Crippen molar-refractivity contribution in [3.8, 4) is 17.3 Å². The molecular weight excluding hydrogens is 355 g/mol. The molecule has 0 radical (unpaired) electrons. The van der Waals surface area contributed by atoms with Gasteiger partial charge in [0, 0.05) is 5.56 Å². The summed E-state index contributed by atoms with van der Waals surface area (Å²) in [5.74, 6) is -0.247. The molecule has 0 fully saturated rings. The Morgan fingerprint density at radius 1 is 1.30 bits per heavy atom. The van der Waals surface area contributed by atoms with Crippen LogP contribution in [0.5, 0.6) is 0 Å². The maximum atomic E-state index is 11.5. The zero-order valence-corrected chi connectivity index (χ0v) is 14.5. The number of esters is 1. The molecule has 0 saturated heterocycles. The normalized spacial score (nSPS) is 10.2. The highest BCUT2D eigenvalue weighted by Gasteiger charge is 2.11. The lowest BCUT2D eigenvalue weighted by Crippen LogP contribution is -2.07. The average Bonchev–Trinajstić information content (AvgIpc) is 2.55. The Bertz CT molecular complexity index is 775. The molecule has 1 heterocycles. The minimum Gasteiger partial charge on any atom is -0.465 e. The van der Waals surface area contributed by atoms with Crippen LogP contribution >= 0.6 is 35.0 Å². The standard InChI is InChI=1S/C16H12Cl2N2O2S/c1-2-22-15(21)9-23-16-11(8-19)4-6-14(20-16)10-3-5-12(17)13(18)7-10/h3-7H,2,9H2,1H3. The van der Waals surface area contributed by atoms with Crippen LogP contribution in [0.25, 0.3) is 11.3 Å². The van der Waals surface area contributed by atoms with Gasteiger partial charge >= 0.3 is 5.97 Å². The van der Waals surface area contributed by atoms with Crippen LogP contribution in [-0.4, -0.2) is 23.3 Å². The fourth-order valence-corrected chi connectivity index (χ4v) is 2.85. The van der Waals surface area contributed by atoms with Crippen LogP contribution in [0.15, 0.2) is 35.4 Å². The van der Waals surface area contributed by atoms with Crippen LogP contribution in [0.1, 0.15) is 12.5 Å². The van der Waals surface area contributed by atoms with Crippen LogP contribution in [0.3, 0.4) is 0 Å². The molecule has 2 rings (SSSR count). The van der Waals surface area contributed by atoms with E-state index in [4.69, 9.17) is 27.9 Å². The van der Waals surface area contributed by atoms with Gasteiger partial charge in [0.15, 0.2) is 0 Å². The molecule has 0 amide bonds. The minimum absolute atomic E-state index is 0.0976. The first kappa shape index (κ1) is 17.6. The van der Waals surface area contributed by atoms with E-state index in [0.29, 0.717) is 32.9 Å². The Kier molecular flexibility index (Phi) is 6.28. The molecule has 0 bridgehead atoms. The Morgan fingerprint density at radius 3 is 2.74 bits per heavy atom. The van der Waals surface area contributed by atoms with Gasteiger partial charge in [-0.2, -0.15) is 5.26 Å². The monoisotopic (exact) mass is 366 g/mol. The summed E-state index contributed by atoms with van der Waals surface area (Å²) in [7, 11) is 0. The third-order valence-electron chi connectivity index (χ3n) is 2.83. The molecule has 7 heteroatoms. The van der Waals surface area contributed by atoms with Crippen molar-refractivity contribution < 1.29 is 9.53 Å². The van der Waals surface area contributed by atoms with Crippen LogP contribution in [0, 0.1) is 11.3 Å². The number of ether oxygens (including phenoxy) is 1. The highest BCUT2D eigenvalue weighted by Crippen LogP contribution is 2.30. The highest BCUT2D eigenvalue weighted by molar-refractivity contribution is 7.99. The van der Waals surface area contributed by atoms with Gasteiger partial charge in [0.25, 0.3) is 0 Å². The Balaban J connectivity index is 2.29. The van der Waals surface area contributed by atoms with Crippen LogP contribution < -0.4 is 0 Å². The number of aromatic nitrogens is 1. The van der Waals surface area contributed by atoms with Crippen molar-refractivity contribution in [2.45, 2.75) is 11.9 Å². The van der Waals surface area contributed by atoms with Crippen molar-refractivity contribution in [3.05, 3.63) is 45.9 Å². The van der Waals surface area contributed by atoms with Gasteiger partial charge in [0.1, 0.15) is 11.1 Å². The second-order valence-corrected chi connectivity index (χ2v) is 6.16. The summed E-state index contributed by atoms with van der Waals surface area (Å²) < 4.78 is 4.88. The van der Waals surface area contributed by atoms with E-state index in [1.807, 2.05) is 0 Å². The smallest absolute Gasteiger partial charge is 0.316 e. The van der Waals surface area contributed by atoms with Gasteiger partial charge in [0.2, 0.25) is 0 Å². The molecule has 0 unspecified atom stereocenters. The number of thioether (sulfide) groups is 1. The number of carbonyl (C=O) groups is 1. The zero-order valence-electron chi connectivity index (χ0n) is 12.2. The van der Waals surface area contributed by atoms with Crippen molar-refractivity contribution in [3.63, 3.8) is 0 Å². The lowest BCUT2D eigenvalue weighted by molar-refractivity contribution is -0.139. The maximum Gasteiger partial charge on any atom is 0.316 e. The van der Waals surface area contributed by atoms with Gasteiger partial charge in [-0.3, -0.25) is 4.79 Å². The van der Waals surface area contributed by atoms with Crippen molar-refractivity contribution in [1.29, 1.82) is 5.26 Å². The zero-order chi connectivity index (χ0) is 16.8. The summed E-state index contributed by atoms with van der Waals surface area (Å²) >= 11 is 13.1. The molecule has 0 spiro atoms. The van der Waals surface area contributed by atoms with Crippen LogP contribution in [-0.2, 0) is 9.53 Å². The third kappa shape index (κ3) is 4.61. The summed E-state index contributed by atoms with van der Waals surface area (Å²) in [6.07, 6.45) is 0. The number of rotatable bonds is 5.